The molecule has 2 aromatic carbocycles. The standard InChI is InChI=1S/C17H16O3/c1-3-20-17(19)16(18)14-10-9-12(2)15(11-14)13-7-5-4-6-8-13/h4-11H,3H2,1-2H3. The Hall–Kier alpha value is -2.42. The highest BCUT2D eigenvalue weighted by Crippen LogP contribution is 2.24. The van der Waals surface area contributed by atoms with Gasteiger partial charge < -0.3 is 4.74 Å². The molecule has 0 fully saturated rings. The summed E-state index contributed by atoms with van der Waals surface area (Å²) in [5, 5.41) is 0. The summed E-state index contributed by atoms with van der Waals surface area (Å²) >= 11 is 0. The fraction of sp³-hybridized carbons (Fsp3) is 0.176. The first-order valence-corrected chi connectivity index (χ1v) is 6.51. The molecule has 3 heteroatoms. The molecule has 0 spiro atoms. The molecule has 102 valence electrons. The monoisotopic (exact) mass is 268 g/mol. The minimum absolute atomic E-state index is 0.196. The van der Waals surface area contributed by atoms with Crippen LogP contribution in [-0.2, 0) is 9.53 Å². The highest BCUT2D eigenvalue weighted by Gasteiger charge is 2.18. The molecule has 0 saturated carbocycles. The van der Waals surface area contributed by atoms with Crippen LogP contribution in [0.1, 0.15) is 22.8 Å². The molecule has 0 heterocycles. The normalized spacial score (nSPS) is 10.1. The van der Waals surface area contributed by atoms with Crippen molar-refractivity contribution in [2.24, 2.45) is 0 Å². The third-order valence-electron chi connectivity index (χ3n) is 3.05. The van der Waals surface area contributed by atoms with E-state index in [0.717, 1.165) is 16.7 Å². The van der Waals surface area contributed by atoms with E-state index < -0.39 is 11.8 Å². The SMILES string of the molecule is CCOC(=O)C(=O)c1ccc(C)c(-c2ccccc2)c1. The number of hydrogen-bond donors (Lipinski definition) is 0. The van der Waals surface area contributed by atoms with E-state index in [-0.39, 0.29) is 6.61 Å². The van der Waals surface area contributed by atoms with Crippen LogP contribution in [0.25, 0.3) is 11.1 Å². The summed E-state index contributed by atoms with van der Waals surface area (Å²) in [5.41, 5.74) is 3.37. The van der Waals surface area contributed by atoms with Crippen molar-refractivity contribution in [1.82, 2.24) is 0 Å². The summed E-state index contributed by atoms with van der Waals surface area (Å²) in [4.78, 5) is 23.5. The van der Waals surface area contributed by atoms with Gasteiger partial charge >= 0.3 is 5.97 Å². The number of Topliss-reactive ketones (excluding diaryl/α,β-unsaturated/α-hetero) is 1. The summed E-state index contributed by atoms with van der Waals surface area (Å²) in [5.74, 6) is -1.42. The third-order valence-corrected chi connectivity index (χ3v) is 3.05. The summed E-state index contributed by atoms with van der Waals surface area (Å²) in [6.45, 7) is 3.85. The van der Waals surface area contributed by atoms with Gasteiger partial charge in [-0.15, -0.1) is 0 Å². The van der Waals surface area contributed by atoms with Crippen molar-refractivity contribution in [2.75, 3.05) is 6.61 Å². The van der Waals surface area contributed by atoms with Crippen LogP contribution >= 0.6 is 0 Å². The molecule has 0 aliphatic heterocycles. The molecular weight excluding hydrogens is 252 g/mol. The number of carbonyl (C=O) groups is 2. The average molecular weight is 268 g/mol. The maximum Gasteiger partial charge on any atom is 0.379 e. The molecule has 0 aliphatic rings. The molecule has 20 heavy (non-hydrogen) atoms. The van der Waals surface area contributed by atoms with Gasteiger partial charge in [-0.05, 0) is 36.6 Å². The number of rotatable bonds is 4. The Bertz CT molecular complexity index is 630. The van der Waals surface area contributed by atoms with Gasteiger partial charge in [-0.25, -0.2) is 4.79 Å². The van der Waals surface area contributed by atoms with Crippen LogP contribution in [0.15, 0.2) is 48.5 Å². The van der Waals surface area contributed by atoms with Gasteiger partial charge in [0.15, 0.2) is 0 Å². The molecule has 0 bridgehead atoms. The molecular formula is C17H16O3. The molecule has 3 nitrogen and oxygen atoms in total. The highest BCUT2D eigenvalue weighted by atomic mass is 16.5. The lowest BCUT2D eigenvalue weighted by atomic mass is 9.97. The van der Waals surface area contributed by atoms with Crippen LogP contribution in [-0.4, -0.2) is 18.4 Å². The van der Waals surface area contributed by atoms with Gasteiger partial charge in [-0.3, -0.25) is 4.79 Å². The van der Waals surface area contributed by atoms with E-state index in [4.69, 9.17) is 4.74 Å². The Morgan fingerprint density at radius 2 is 1.75 bits per heavy atom. The lowest BCUT2D eigenvalue weighted by Crippen LogP contribution is -2.17. The molecule has 2 aromatic rings. The maximum absolute atomic E-state index is 12.0. The third kappa shape index (κ3) is 2.94. The lowest BCUT2D eigenvalue weighted by molar-refractivity contribution is -0.137. The average Bonchev–Trinajstić information content (AvgIpc) is 2.48. The van der Waals surface area contributed by atoms with Crippen LogP contribution < -0.4 is 0 Å². The second-order valence-electron chi connectivity index (χ2n) is 4.45. The van der Waals surface area contributed by atoms with Crippen molar-refractivity contribution in [1.29, 1.82) is 0 Å². The van der Waals surface area contributed by atoms with E-state index in [9.17, 15) is 9.59 Å². The van der Waals surface area contributed by atoms with E-state index in [1.54, 1.807) is 19.1 Å². The fourth-order valence-electron chi connectivity index (χ4n) is 2.01. The van der Waals surface area contributed by atoms with Gasteiger partial charge in [-0.2, -0.15) is 0 Å². The van der Waals surface area contributed by atoms with Crippen molar-refractivity contribution >= 4 is 11.8 Å². The van der Waals surface area contributed by atoms with Crippen molar-refractivity contribution in [3.63, 3.8) is 0 Å². The van der Waals surface area contributed by atoms with E-state index in [2.05, 4.69) is 0 Å². The number of hydrogen-bond acceptors (Lipinski definition) is 3. The van der Waals surface area contributed by atoms with Crippen molar-refractivity contribution in [3.05, 3.63) is 59.7 Å². The first-order valence-electron chi connectivity index (χ1n) is 6.51. The van der Waals surface area contributed by atoms with Crippen LogP contribution in [0, 0.1) is 6.92 Å². The number of aryl methyl sites for hydroxylation is 1. The first-order chi connectivity index (χ1) is 9.63. The Morgan fingerprint density at radius 3 is 2.40 bits per heavy atom. The van der Waals surface area contributed by atoms with E-state index in [0.29, 0.717) is 5.56 Å². The van der Waals surface area contributed by atoms with Gasteiger partial charge in [0.05, 0.1) is 6.61 Å². The van der Waals surface area contributed by atoms with E-state index in [1.807, 2.05) is 43.3 Å². The Morgan fingerprint density at radius 1 is 1.05 bits per heavy atom. The highest BCUT2D eigenvalue weighted by molar-refractivity contribution is 6.40. The van der Waals surface area contributed by atoms with E-state index in [1.165, 1.54) is 0 Å². The molecule has 0 N–H and O–H groups in total. The predicted molar refractivity (Wildman–Crippen MR) is 77.6 cm³/mol. The number of esters is 1. The second kappa shape index (κ2) is 6.15. The largest absolute Gasteiger partial charge is 0.460 e. The Balaban J connectivity index is 2.39. The molecule has 0 aliphatic carbocycles. The molecule has 0 radical (unpaired) electrons. The van der Waals surface area contributed by atoms with Gasteiger partial charge in [0.1, 0.15) is 0 Å². The minimum Gasteiger partial charge on any atom is -0.460 e. The number of ether oxygens (including phenoxy) is 1. The van der Waals surface area contributed by atoms with Crippen molar-refractivity contribution in [2.45, 2.75) is 13.8 Å². The molecule has 0 saturated heterocycles. The second-order valence-corrected chi connectivity index (χ2v) is 4.45. The first kappa shape index (κ1) is 14.0. The van der Waals surface area contributed by atoms with Gasteiger partial charge in [-0.1, -0.05) is 42.5 Å². The van der Waals surface area contributed by atoms with Crippen LogP contribution in [0.5, 0.6) is 0 Å². The molecule has 0 aromatic heterocycles. The molecule has 0 unspecified atom stereocenters. The number of benzene rings is 2. The zero-order chi connectivity index (χ0) is 14.5. The Labute approximate surface area is 118 Å². The molecule has 0 atom stereocenters. The maximum atomic E-state index is 12.0. The number of carbonyl (C=O) groups excluding carboxylic acids is 2. The smallest absolute Gasteiger partial charge is 0.379 e. The summed E-state index contributed by atoms with van der Waals surface area (Å²) in [6.07, 6.45) is 0. The molecule has 0 amide bonds. The molecule has 2 rings (SSSR count). The van der Waals surface area contributed by atoms with Gasteiger partial charge in [0, 0.05) is 5.56 Å². The van der Waals surface area contributed by atoms with Crippen LogP contribution in [0.2, 0.25) is 0 Å². The summed E-state index contributed by atoms with van der Waals surface area (Å²) in [7, 11) is 0. The minimum atomic E-state index is -0.810. The topological polar surface area (TPSA) is 43.4 Å². The zero-order valence-electron chi connectivity index (χ0n) is 11.6. The predicted octanol–water partition coefficient (Wildman–Crippen LogP) is 3.41. The quantitative estimate of drug-likeness (QED) is 0.485. The van der Waals surface area contributed by atoms with Crippen molar-refractivity contribution < 1.29 is 14.3 Å². The summed E-state index contributed by atoms with van der Waals surface area (Å²) in [6, 6.07) is 15.0. The Kier molecular flexibility index (Phi) is 4.31. The lowest BCUT2D eigenvalue weighted by Gasteiger charge is -2.08. The fourth-order valence-corrected chi connectivity index (χ4v) is 2.01. The van der Waals surface area contributed by atoms with Crippen molar-refractivity contribution in [3.8, 4) is 11.1 Å². The van der Waals surface area contributed by atoms with Crippen LogP contribution in [0.3, 0.4) is 0 Å². The zero-order valence-corrected chi connectivity index (χ0v) is 11.6. The number of ketones is 1. The summed E-state index contributed by atoms with van der Waals surface area (Å²) < 4.78 is 4.75. The van der Waals surface area contributed by atoms with Crippen LogP contribution in [0.4, 0.5) is 0 Å². The van der Waals surface area contributed by atoms with Gasteiger partial charge in [0.25, 0.3) is 5.78 Å². The van der Waals surface area contributed by atoms with Gasteiger partial charge in [0.2, 0.25) is 0 Å². The van der Waals surface area contributed by atoms with E-state index >= 15 is 0 Å².